The van der Waals surface area contributed by atoms with Crippen LogP contribution < -0.4 is 10.1 Å². The Labute approximate surface area is 146 Å². The third kappa shape index (κ3) is 3.53. The molecule has 25 heavy (non-hydrogen) atoms. The van der Waals surface area contributed by atoms with E-state index in [4.69, 9.17) is 9.26 Å². The first-order valence-corrected chi connectivity index (χ1v) is 8.44. The van der Waals surface area contributed by atoms with Gasteiger partial charge in [-0.25, -0.2) is 0 Å². The molecule has 1 atom stereocenters. The summed E-state index contributed by atoms with van der Waals surface area (Å²) in [4.78, 5) is 8.51. The van der Waals surface area contributed by atoms with E-state index in [0.717, 1.165) is 30.6 Å². The third-order valence-electron chi connectivity index (χ3n) is 4.57. The van der Waals surface area contributed by atoms with E-state index in [1.54, 1.807) is 19.5 Å². The van der Waals surface area contributed by atoms with Crippen molar-refractivity contribution >= 4 is 0 Å². The van der Waals surface area contributed by atoms with Gasteiger partial charge in [0.05, 0.1) is 13.7 Å². The Morgan fingerprint density at radius 2 is 2.24 bits per heavy atom. The monoisotopic (exact) mass is 336 g/mol. The highest BCUT2D eigenvalue weighted by atomic mass is 16.5. The van der Waals surface area contributed by atoms with Gasteiger partial charge in [0.2, 0.25) is 11.7 Å². The van der Waals surface area contributed by atoms with Crippen molar-refractivity contribution in [2.45, 2.75) is 31.8 Å². The van der Waals surface area contributed by atoms with Crippen molar-refractivity contribution in [2.24, 2.45) is 0 Å². The third-order valence-corrected chi connectivity index (χ3v) is 4.57. The SMILES string of the molecule is COc1ccc2c(c1)CC(NCc1nc(-c3cccnc3)no1)CC2. The zero-order chi connectivity index (χ0) is 17.1. The lowest BCUT2D eigenvalue weighted by Crippen LogP contribution is -2.34. The van der Waals surface area contributed by atoms with Crippen molar-refractivity contribution in [3.63, 3.8) is 0 Å². The summed E-state index contributed by atoms with van der Waals surface area (Å²) in [6.07, 6.45) is 6.61. The van der Waals surface area contributed by atoms with Gasteiger partial charge in [-0.2, -0.15) is 4.98 Å². The number of hydrogen-bond donors (Lipinski definition) is 1. The number of rotatable bonds is 5. The minimum absolute atomic E-state index is 0.397. The van der Waals surface area contributed by atoms with E-state index in [1.807, 2.05) is 18.2 Å². The van der Waals surface area contributed by atoms with Crippen molar-refractivity contribution in [2.75, 3.05) is 7.11 Å². The van der Waals surface area contributed by atoms with Crippen LogP contribution in [-0.4, -0.2) is 28.3 Å². The summed E-state index contributed by atoms with van der Waals surface area (Å²) in [6.45, 7) is 0.567. The van der Waals surface area contributed by atoms with Crippen LogP contribution in [0.25, 0.3) is 11.4 Å². The molecule has 1 aromatic carbocycles. The summed E-state index contributed by atoms with van der Waals surface area (Å²) in [5.41, 5.74) is 3.62. The fourth-order valence-corrected chi connectivity index (χ4v) is 3.21. The van der Waals surface area contributed by atoms with Gasteiger partial charge in [0.15, 0.2) is 0 Å². The van der Waals surface area contributed by atoms with Gasteiger partial charge in [-0.05, 0) is 54.7 Å². The molecule has 0 spiro atoms. The fourth-order valence-electron chi connectivity index (χ4n) is 3.21. The first-order valence-electron chi connectivity index (χ1n) is 8.44. The molecule has 128 valence electrons. The standard InChI is InChI=1S/C19H20N4O2/c1-24-17-7-5-13-4-6-16(9-15(13)10-17)21-12-18-22-19(23-25-18)14-3-2-8-20-11-14/h2-3,5,7-8,10-11,16,21H,4,6,9,12H2,1H3. The van der Waals surface area contributed by atoms with Gasteiger partial charge in [-0.3, -0.25) is 4.98 Å². The number of fused-ring (bicyclic) bond motifs is 1. The van der Waals surface area contributed by atoms with Crippen LogP contribution in [-0.2, 0) is 19.4 Å². The zero-order valence-electron chi connectivity index (χ0n) is 14.1. The summed E-state index contributed by atoms with van der Waals surface area (Å²) in [5.74, 6) is 2.08. The maximum absolute atomic E-state index is 5.34. The van der Waals surface area contributed by atoms with Crippen molar-refractivity contribution in [1.82, 2.24) is 20.4 Å². The van der Waals surface area contributed by atoms with Gasteiger partial charge in [0.25, 0.3) is 0 Å². The normalized spacial score (nSPS) is 16.4. The van der Waals surface area contributed by atoms with Gasteiger partial charge in [-0.1, -0.05) is 11.2 Å². The van der Waals surface area contributed by atoms with Gasteiger partial charge >= 0.3 is 0 Å². The van der Waals surface area contributed by atoms with E-state index in [0.29, 0.717) is 24.3 Å². The van der Waals surface area contributed by atoms with Crippen molar-refractivity contribution < 1.29 is 9.26 Å². The lowest BCUT2D eigenvalue weighted by Gasteiger charge is -2.25. The number of nitrogens with one attached hydrogen (secondary N) is 1. The average molecular weight is 336 g/mol. The summed E-state index contributed by atoms with van der Waals surface area (Å²) in [6, 6.07) is 10.5. The Morgan fingerprint density at radius 3 is 3.08 bits per heavy atom. The molecule has 3 aromatic rings. The van der Waals surface area contributed by atoms with Crippen LogP contribution in [0.3, 0.4) is 0 Å². The molecule has 0 bridgehead atoms. The molecule has 6 heteroatoms. The van der Waals surface area contributed by atoms with Gasteiger partial charge in [0.1, 0.15) is 5.75 Å². The Morgan fingerprint density at radius 1 is 1.28 bits per heavy atom. The second-order valence-corrected chi connectivity index (χ2v) is 6.21. The summed E-state index contributed by atoms with van der Waals surface area (Å²) >= 11 is 0. The molecule has 6 nitrogen and oxygen atoms in total. The Hall–Kier alpha value is -2.73. The molecular formula is C19H20N4O2. The number of benzene rings is 1. The quantitative estimate of drug-likeness (QED) is 0.772. The Bertz CT molecular complexity index is 848. The average Bonchev–Trinajstić information content (AvgIpc) is 3.15. The fraction of sp³-hybridized carbons (Fsp3) is 0.316. The van der Waals surface area contributed by atoms with E-state index >= 15 is 0 Å². The molecule has 1 aliphatic rings. The molecule has 0 fully saturated rings. The molecule has 1 N–H and O–H groups in total. The second kappa shape index (κ2) is 7.03. The molecule has 0 radical (unpaired) electrons. The predicted molar refractivity (Wildman–Crippen MR) is 93.2 cm³/mol. The molecular weight excluding hydrogens is 316 g/mol. The van der Waals surface area contributed by atoms with Crippen LogP contribution in [0.15, 0.2) is 47.2 Å². The molecule has 2 aromatic heterocycles. The minimum atomic E-state index is 0.397. The number of pyridine rings is 1. The van der Waals surface area contributed by atoms with Gasteiger partial charge in [-0.15, -0.1) is 0 Å². The molecule has 0 amide bonds. The number of hydrogen-bond acceptors (Lipinski definition) is 6. The number of aryl methyl sites for hydroxylation is 1. The van der Waals surface area contributed by atoms with E-state index in [9.17, 15) is 0 Å². The predicted octanol–water partition coefficient (Wildman–Crippen LogP) is 2.79. The van der Waals surface area contributed by atoms with Gasteiger partial charge in [0, 0.05) is 24.0 Å². The van der Waals surface area contributed by atoms with E-state index in [-0.39, 0.29) is 0 Å². The van der Waals surface area contributed by atoms with Crippen molar-refractivity contribution in [3.05, 3.63) is 59.7 Å². The molecule has 0 aliphatic heterocycles. The summed E-state index contributed by atoms with van der Waals surface area (Å²) in [7, 11) is 1.70. The number of methoxy groups -OCH3 is 1. The Kier molecular flexibility index (Phi) is 4.43. The second-order valence-electron chi connectivity index (χ2n) is 6.21. The molecule has 2 heterocycles. The smallest absolute Gasteiger partial charge is 0.240 e. The van der Waals surface area contributed by atoms with Crippen LogP contribution in [0.4, 0.5) is 0 Å². The lowest BCUT2D eigenvalue weighted by molar-refractivity contribution is 0.349. The van der Waals surface area contributed by atoms with Crippen LogP contribution >= 0.6 is 0 Å². The largest absolute Gasteiger partial charge is 0.497 e. The summed E-state index contributed by atoms with van der Waals surface area (Å²) < 4.78 is 10.7. The number of aromatic nitrogens is 3. The van der Waals surface area contributed by atoms with Gasteiger partial charge < -0.3 is 14.6 Å². The molecule has 0 saturated carbocycles. The first-order chi connectivity index (χ1) is 12.3. The van der Waals surface area contributed by atoms with Crippen LogP contribution in [0.2, 0.25) is 0 Å². The maximum atomic E-state index is 5.34. The topological polar surface area (TPSA) is 73.1 Å². The molecule has 0 saturated heterocycles. The highest BCUT2D eigenvalue weighted by Gasteiger charge is 2.19. The summed E-state index contributed by atoms with van der Waals surface area (Å²) in [5, 5.41) is 7.55. The minimum Gasteiger partial charge on any atom is -0.497 e. The number of nitrogens with zero attached hydrogens (tertiary/aromatic N) is 3. The Balaban J connectivity index is 1.38. The highest BCUT2D eigenvalue weighted by molar-refractivity contribution is 5.51. The first kappa shape index (κ1) is 15.8. The number of ether oxygens (including phenoxy) is 1. The van der Waals surface area contributed by atoms with Crippen molar-refractivity contribution in [3.8, 4) is 17.1 Å². The zero-order valence-corrected chi connectivity index (χ0v) is 14.1. The van der Waals surface area contributed by atoms with Crippen LogP contribution in [0, 0.1) is 0 Å². The van der Waals surface area contributed by atoms with Crippen LogP contribution in [0.5, 0.6) is 5.75 Å². The highest BCUT2D eigenvalue weighted by Crippen LogP contribution is 2.25. The van der Waals surface area contributed by atoms with Crippen molar-refractivity contribution in [1.29, 1.82) is 0 Å². The molecule has 1 unspecified atom stereocenters. The van der Waals surface area contributed by atoms with E-state index in [1.165, 1.54) is 11.1 Å². The maximum Gasteiger partial charge on any atom is 0.240 e. The van der Waals surface area contributed by atoms with Crippen LogP contribution in [0.1, 0.15) is 23.4 Å². The van der Waals surface area contributed by atoms with E-state index < -0.39 is 0 Å². The molecule has 4 rings (SSSR count). The lowest BCUT2D eigenvalue weighted by atomic mass is 9.88. The van der Waals surface area contributed by atoms with E-state index in [2.05, 4.69) is 32.6 Å². The molecule has 1 aliphatic carbocycles.